The van der Waals surface area contributed by atoms with Crippen molar-refractivity contribution in [3.63, 3.8) is 0 Å². The normalized spacial score (nSPS) is 10.4. The van der Waals surface area contributed by atoms with Crippen molar-refractivity contribution in [2.45, 2.75) is 0 Å². The number of benzene rings is 1. The summed E-state index contributed by atoms with van der Waals surface area (Å²) in [6.45, 7) is 0. The summed E-state index contributed by atoms with van der Waals surface area (Å²) < 4.78 is 0. The van der Waals surface area contributed by atoms with Gasteiger partial charge in [0.2, 0.25) is 0 Å². The molecule has 0 saturated carbocycles. The highest BCUT2D eigenvalue weighted by atomic mass is 15.0. The molecule has 3 rings (SSSR count). The third-order valence-corrected chi connectivity index (χ3v) is 2.54. The van der Waals surface area contributed by atoms with Crippen LogP contribution in [0.2, 0.25) is 0 Å². The second-order valence-electron chi connectivity index (χ2n) is 3.75. The predicted molar refractivity (Wildman–Crippen MR) is 69.3 cm³/mol. The largest absolute Gasteiger partial charge is 0.340 e. The predicted octanol–water partition coefficient (Wildman–Crippen LogP) is 3.37. The van der Waals surface area contributed by atoms with Crippen molar-refractivity contribution >= 4 is 22.4 Å². The number of aromatic nitrogens is 2. The first kappa shape index (κ1) is 9.78. The molecule has 0 aliphatic heterocycles. The van der Waals surface area contributed by atoms with Gasteiger partial charge in [-0.05, 0) is 36.4 Å². The maximum atomic E-state index is 4.29. The number of pyridine rings is 2. The van der Waals surface area contributed by atoms with Gasteiger partial charge in [-0.2, -0.15) is 0 Å². The first-order valence-electron chi connectivity index (χ1n) is 5.45. The molecule has 0 unspecified atom stereocenters. The van der Waals surface area contributed by atoms with Crippen LogP contribution in [0.1, 0.15) is 0 Å². The molecule has 0 saturated heterocycles. The van der Waals surface area contributed by atoms with Gasteiger partial charge in [0, 0.05) is 23.5 Å². The summed E-state index contributed by atoms with van der Waals surface area (Å²) >= 11 is 0. The molecule has 0 amide bonds. The summed E-state index contributed by atoms with van der Waals surface area (Å²) in [5, 5.41) is 4.38. The highest BCUT2D eigenvalue weighted by molar-refractivity contribution is 5.82. The standard InChI is InChI=1S/C14H11N3/c1-2-8-16-14(5-1)17-12-6-7-13-11(10-12)4-3-9-15-13/h1-10H,(H,16,17). The third kappa shape index (κ3) is 2.08. The van der Waals surface area contributed by atoms with Gasteiger partial charge in [-0.25, -0.2) is 4.98 Å². The lowest BCUT2D eigenvalue weighted by Crippen LogP contribution is -1.92. The minimum atomic E-state index is 0.843. The number of nitrogens with one attached hydrogen (secondary N) is 1. The van der Waals surface area contributed by atoms with Crippen LogP contribution in [-0.2, 0) is 0 Å². The molecular weight excluding hydrogens is 210 g/mol. The number of hydrogen-bond donors (Lipinski definition) is 1. The monoisotopic (exact) mass is 221 g/mol. The van der Waals surface area contributed by atoms with Crippen LogP contribution in [0.5, 0.6) is 0 Å². The summed E-state index contributed by atoms with van der Waals surface area (Å²) in [6.07, 6.45) is 3.57. The Kier molecular flexibility index (Phi) is 2.43. The highest BCUT2D eigenvalue weighted by Gasteiger charge is 1.97. The van der Waals surface area contributed by atoms with Crippen LogP contribution in [0.15, 0.2) is 60.9 Å². The molecule has 3 heteroatoms. The van der Waals surface area contributed by atoms with E-state index in [1.807, 2.05) is 42.5 Å². The average Bonchev–Trinajstić information content (AvgIpc) is 2.40. The van der Waals surface area contributed by atoms with Crippen molar-refractivity contribution in [1.29, 1.82) is 0 Å². The van der Waals surface area contributed by atoms with Gasteiger partial charge in [-0.3, -0.25) is 4.98 Å². The molecule has 0 fully saturated rings. The van der Waals surface area contributed by atoms with Crippen molar-refractivity contribution in [2.24, 2.45) is 0 Å². The van der Waals surface area contributed by atoms with Crippen molar-refractivity contribution in [3.8, 4) is 0 Å². The van der Waals surface area contributed by atoms with Crippen LogP contribution in [0.4, 0.5) is 11.5 Å². The Morgan fingerprint density at radius 3 is 2.65 bits per heavy atom. The molecule has 3 nitrogen and oxygen atoms in total. The summed E-state index contributed by atoms with van der Waals surface area (Å²) in [7, 11) is 0. The Bertz CT molecular complexity index is 635. The molecule has 3 aromatic rings. The zero-order valence-corrected chi connectivity index (χ0v) is 9.17. The van der Waals surface area contributed by atoms with Crippen LogP contribution in [0, 0.1) is 0 Å². The van der Waals surface area contributed by atoms with Crippen molar-refractivity contribution < 1.29 is 0 Å². The average molecular weight is 221 g/mol. The van der Waals surface area contributed by atoms with Gasteiger partial charge in [0.15, 0.2) is 0 Å². The quantitative estimate of drug-likeness (QED) is 0.721. The van der Waals surface area contributed by atoms with Gasteiger partial charge in [-0.15, -0.1) is 0 Å². The van der Waals surface area contributed by atoms with Crippen LogP contribution < -0.4 is 5.32 Å². The Labute approximate surface area is 99.2 Å². The Morgan fingerprint density at radius 1 is 0.824 bits per heavy atom. The molecule has 1 aromatic carbocycles. The van der Waals surface area contributed by atoms with E-state index < -0.39 is 0 Å². The zero-order chi connectivity index (χ0) is 11.5. The number of nitrogens with zero attached hydrogens (tertiary/aromatic N) is 2. The third-order valence-electron chi connectivity index (χ3n) is 2.54. The van der Waals surface area contributed by atoms with E-state index in [4.69, 9.17) is 0 Å². The topological polar surface area (TPSA) is 37.8 Å². The van der Waals surface area contributed by atoms with Crippen molar-refractivity contribution in [2.75, 3.05) is 5.32 Å². The minimum absolute atomic E-state index is 0.843. The molecule has 0 aliphatic carbocycles. The van der Waals surface area contributed by atoms with E-state index in [0.29, 0.717) is 0 Å². The lowest BCUT2D eigenvalue weighted by atomic mass is 10.2. The lowest BCUT2D eigenvalue weighted by Gasteiger charge is -2.05. The van der Waals surface area contributed by atoms with Gasteiger partial charge >= 0.3 is 0 Å². The fraction of sp³-hybridized carbons (Fsp3) is 0. The second-order valence-corrected chi connectivity index (χ2v) is 3.75. The van der Waals surface area contributed by atoms with Gasteiger partial charge in [0.05, 0.1) is 5.52 Å². The summed E-state index contributed by atoms with van der Waals surface area (Å²) in [5.74, 6) is 0.843. The van der Waals surface area contributed by atoms with Gasteiger partial charge in [0.25, 0.3) is 0 Å². The first-order valence-corrected chi connectivity index (χ1v) is 5.45. The van der Waals surface area contributed by atoms with Crippen molar-refractivity contribution in [1.82, 2.24) is 9.97 Å². The van der Waals surface area contributed by atoms with E-state index in [1.165, 1.54) is 0 Å². The molecular formula is C14H11N3. The zero-order valence-electron chi connectivity index (χ0n) is 9.17. The molecule has 82 valence electrons. The Morgan fingerprint density at radius 2 is 1.76 bits per heavy atom. The molecule has 2 aromatic heterocycles. The molecule has 0 aliphatic rings. The summed E-state index contributed by atoms with van der Waals surface area (Å²) in [5.41, 5.74) is 2.02. The van der Waals surface area contributed by atoms with Crippen LogP contribution in [0.25, 0.3) is 10.9 Å². The SMILES string of the molecule is c1ccc(Nc2ccc3ncccc3c2)nc1. The van der Waals surface area contributed by atoms with E-state index in [-0.39, 0.29) is 0 Å². The lowest BCUT2D eigenvalue weighted by molar-refractivity contribution is 1.31. The fourth-order valence-electron chi connectivity index (χ4n) is 1.74. The molecule has 0 bridgehead atoms. The smallest absolute Gasteiger partial charge is 0.130 e. The number of fused-ring (bicyclic) bond motifs is 1. The molecule has 17 heavy (non-hydrogen) atoms. The highest BCUT2D eigenvalue weighted by Crippen LogP contribution is 2.19. The number of hydrogen-bond acceptors (Lipinski definition) is 3. The van der Waals surface area contributed by atoms with E-state index in [9.17, 15) is 0 Å². The van der Waals surface area contributed by atoms with E-state index in [0.717, 1.165) is 22.4 Å². The molecule has 0 radical (unpaired) electrons. The fourth-order valence-corrected chi connectivity index (χ4v) is 1.74. The van der Waals surface area contributed by atoms with E-state index in [1.54, 1.807) is 12.4 Å². The molecule has 2 heterocycles. The summed E-state index contributed by atoms with van der Waals surface area (Å²) in [6, 6.07) is 15.8. The van der Waals surface area contributed by atoms with Crippen LogP contribution in [0.3, 0.4) is 0 Å². The van der Waals surface area contributed by atoms with Gasteiger partial charge in [-0.1, -0.05) is 12.1 Å². The number of anilines is 2. The molecule has 0 atom stereocenters. The van der Waals surface area contributed by atoms with Crippen LogP contribution >= 0.6 is 0 Å². The minimum Gasteiger partial charge on any atom is -0.340 e. The Balaban J connectivity index is 1.96. The Hall–Kier alpha value is -2.42. The second kappa shape index (κ2) is 4.22. The van der Waals surface area contributed by atoms with E-state index in [2.05, 4.69) is 21.4 Å². The maximum Gasteiger partial charge on any atom is 0.130 e. The van der Waals surface area contributed by atoms with Gasteiger partial charge in [0.1, 0.15) is 5.82 Å². The molecule has 1 N–H and O–H groups in total. The first-order chi connectivity index (χ1) is 8.42. The van der Waals surface area contributed by atoms with E-state index >= 15 is 0 Å². The van der Waals surface area contributed by atoms with Crippen LogP contribution in [-0.4, -0.2) is 9.97 Å². The summed E-state index contributed by atoms with van der Waals surface area (Å²) in [4.78, 5) is 8.51. The van der Waals surface area contributed by atoms with Crippen molar-refractivity contribution in [3.05, 3.63) is 60.9 Å². The van der Waals surface area contributed by atoms with Gasteiger partial charge < -0.3 is 5.32 Å². The molecule has 0 spiro atoms. The number of rotatable bonds is 2. The maximum absolute atomic E-state index is 4.29.